The Morgan fingerprint density at radius 2 is 1.83 bits per heavy atom. The van der Waals surface area contributed by atoms with Crippen LogP contribution in [0.25, 0.3) is 5.76 Å². The number of carbonyl (C=O) groups is 3. The number of phenols is 1. The zero-order valence-corrected chi connectivity index (χ0v) is 23.9. The smallest absolute Gasteiger partial charge is 0.255 e. The van der Waals surface area contributed by atoms with Crippen molar-refractivity contribution in [2.45, 2.75) is 51.2 Å². The normalized spacial score (nSPS) is 26.4. The highest BCUT2D eigenvalue weighted by Crippen LogP contribution is 2.53. The minimum atomic E-state index is -2.56. The van der Waals surface area contributed by atoms with Gasteiger partial charge in [0.05, 0.1) is 5.56 Å². The molecule has 1 heterocycles. The lowest BCUT2D eigenvalue weighted by Gasteiger charge is -2.46. The van der Waals surface area contributed by atoms with E-state index < -0.39 is 52.0 Å². The zero-order valence-electron chi connectivity index (χ0n) is 23.9. The first-order chi connectivity index (χ1) is 19.4. The van der Waals surface area contributed by atoms with Crippen molar-refractivity contribution in [2.75, 3.05) is 51.7 Å². The van der Waals surface area contributed by atoms with Crippen LogP contribution >= 0.6 is 0 Å². The predicted molar refractivity (Wildman–Crippen MR) is 152 cm³/mol. The van der Waals surface area contributed by atoms with Gasteiger partial charge in [-0.2, -0.15) is 0 Å². The number of carbonyl (C=O) groups excluding carboxylic acids is 3. The molecule has 1 aliphatic heterocycles. The second kappa shape index (κ2) is 10.8. The number of likely N-dealkylation sites (tertiary alicyclic amines) is 1. The van der Waals surface area contributed by atoms with Gasteiger partial charge >= 0.3 is 0 Å². The molecule has 2 fully saturated rings. The van der Waals surface area contributed by atoms with Crippen molar-refractivity contribution in [1.82, 2.24) is 9.80 Å². The number of aliphatic hydroxyl groups is 3. The van der Waals surface area contributed by atoms with E-state index in [-0.39, 0.29) is 36.1 Å². The number of anilines is 1. The highest BCUT2D eigenvalue weighted by atomic mass is 16.3. The van der Waals surface area contributed by atoms with Crippen molar-refractivity contribution in [1.29, 1.82) is 0 Å². The first kappa shape index (κ1) is 29.1. The summed E-state index contributed by atoms with van der Waals surface area (Å²) in [6.45, 7) is 7.61. The number of hydrogen-bond donors (Lipinski definition) is 5. The van der Waals surface area contributed by atoms with Crippen molar-refractivity contribution in [3.63, 3.8) is 0 Å². The molecule has 0 bridgehead atoms. The third kappa shape index (κ3) is 4.69. The number of ketones is 2. The summed E-state index contributed by atoms with van der Waals surface area (Å²) < 4.78 is 0. The Bertz CT molecular complexity index is 1360. The number of Topliss-reactive ketones (excluding diaryl/α,β-unsaturated/α-hetero) is 2. The third-order valence-corrected chi connectivity index (χ3v) is 9.33. The molecular weight excluding hydrogens is 528 g/mol. The van der Waals surface area contributed by atoms with Crippen LogP contribution in [-0.4, -0.2) is 100 Å². The second-order valence-electron chi connectivity index (χ2n) is 12.0. The molecule has 0 aromatic heterocycles. The van der Waals surface area contributed by atoms with Crippen molar-refractivity contribution in [2.24, 2.45) is 17.6 Å². The molecular formula is C30H40N4O7. The van der Waals surface area contributed by atoms with E-state index in [0.29, 0.717) is 12.1 Å². The molecule has 1 aromatic carbocycles. The van der Waals surface area contributed by atoms with Crippen LogP contribution in [0, 0.1) is 11.8 Å². The highest BCUT2D eigenvalue weighted by molar-refractivity contribution is 6.22. The fraction of sp³-hybridized carbons (Fsp3) is 0.567. The van der Waals surface area contributed by atoms with Gasteiger partial charge in [-0.1, -0.05) is 6.92 Å². The fourth-order valence-electron chi connectivity index (χ4n) is 7.30. The Balaban J connectivity index is 1.55. The molecule has 11 heteroatoms. The number of benzene rings is 1. The molecule has 0 radical (unpaired) electrons. The van der Waals surface area contributed by atoms with Crippen LogP contribution in [0.4, 0.5) is 5.69 Å². The average molecular weight is 569 g/mol. The maximum absolute atomic E-state index is 13.8. The molecule has 1 saturated carbocycles. The number of rotatable bonds is 8. The van der Waals surface area contributed by atoms with Gasteiger partial charge in [0.2, 0.25) is 5.78 Å². The lowest BCUT2D eigenvalue weighted by molar-refractivity contribution is -0.147. The Morgan fingerprint density at radius 1 is 1.15 bits per heavy atom. The molecule has 1 saturated heterocycles. The summed E-state index contributed by atoms with van der Waals surface area (Å²) in [4.78, 5) is 45.0. The van der Waals surface area contributed by atoms with Gasteiger partial charge in [0, 0.05) is 57.3 Å². The van der Waals surface area contributed by atoms with E-state index in [0.717, 1.165) is 44.0 Å². The van der Waals surface area contributed by atoms with Crippen LogP contribution in [0.5, 0.6) is 5.75 Å². The number of aromatic hydroxyl groups is 1. The summed E-state index contributed by atoms with van der Waals surface area (Å²) >= 11 is 0. The summed E-state index contributed by atoms with van der Waals surface area (Å²) in [6.07, 6.45) is 2.51. The lowest BCUT2D eigenvalue weighted by Crippen LogP contribution is -2.58. The molecule has 5 rings (SSSR count). The van der Waals surface area contributed by atoms with Gasteiger partial charge < -0.3 is 36.0 Å². The minimum Gasteiger partial charge on any atom is -0.508 e. The Labute approximate surface area is 239 Å². The van der Waals surface area contributed by atoms with E-state index in [1.165, 1.54) is 12.8 Å². The summed E-state index contributed by atoms with van der Waals surface area (Å²) in [5, 5.41) is 44.8. The van der Waals surface area contributed by atoms with Crippen LogP contribution in [0.3, 0.4) is 0 Å². The van der Waals surface area contributed by atoms with E-state index in [1.54, 1.807) is 6.07 Å². The number of nitrogens with zero attached hydrogens (tertiary/aromatic N) is 3. The topological polar surface area (TPSA) is 168 Å². The number of phenolic OH excluding ortho intramolecular Hbond substituents is 1. The van der Waals surface area contributed by atoms with Crippen LogP contribution in [0.15, 0.2) is 23.0 Å². The van der Waals surface area contributed by atoms with Gasteiger partial charge in [0.1, 0.15) is 22.8 Å². The van der Waals surface area contributed by atoms with Crippen LogP contribution in [0.1, 0.15) is 49.3 Å². The molecule has 1 unspecified atom stereocenters. The molecule has 1 aromatic rings. The SMILES string of the molecule is CCN(CCN1CCCC1)Cc1cc(O)c2c(c1N(C)C)CC1C[C@H]3CC(=O)C(C(N)=O)=C(O)[C@@]3(O)C(=O)C1=C2O. The average Bonchev–Trinajstić information content (AvgIpc) is 3.41. The molecule has 1 amide bonds. The molecule has 11 nitrogen and oxygen atoms in total. The number of hydrogen-bond acceptors (Lipinski definition) is 10. The molecule has 6 N–H and O–H groups in total. The first-order valence-electron chi connectivity index (χ1n) is 14.4. The number of primary amides is 1. The van der Waals surface area contributed by atoms with E-state index in [2.05, 4.69) is 16.7 Å². The van der Waals surface area contributed by atoms with Crippen molar-refractivity contribution in [3.05, 3.63) is 39.7 Å². The number of nitrogens with two attached hydrogens (primary N) is 1. The summed E-state index contributed by atoms with van der Waals surface area (Å²) in [5.74, 6) is -6.22. The number of likely N-dealkylation sites (N-methyl/N-ethyl adjacent to an activating group) is 1. The van der Waals surface area contributed by atoms with Gasteiger partial charge in [-0.25, -0.2) is 0 Å². The molecule has 41 heavy (non-hydrogen) atoms. The van der Waals surface area contributed by atoms with E-state index in [4.69, 9.17) is 5.73 Å². The van der Waals surface area contributed by atoms with Gasteiger partial charge in [-0.3, -0.25) is 19.3 Å². The standard InChI is InChI=1S/C30H40N4O7/c1-4-33(9-10-34-7-5-6-8-34)15-17-13-20(35)23-19(25(17)32(2)3)12-16-11-18-14-21(36)24(29(31)40)28(39)30(18,41)27(38)22(16)26(23)37/h13,16,18,35,37,39,41H,4-12,14-15H2,1-3H3,(H2,31,40)/t16?,18-,30-/m0/s1. The van der Waals surface area contributed by atoms with E-state index >= 15 is 0 Å². The van der Waals surface area contributed by atoms with E-state index in [9.17, 15) is 34.8 Å². The number of amides is 1. The monoisotopic (exact) mass is 568 g/mol. The maximum Gasteiger partial charge on any atom is 0.255 e. The van der Waals surface area contributed by atoms with Crippen molar-refractivity contribution < 1.29 is 34.8 Å². The summed E-state index contributed by atoms with van der Waals surface area (Å²) in [5.41, 5.74) is 4.32. The van der Waals surface area contributed by atoms with Crippen LogP contribution in [0.2, 0.25) is 0 Å². The molecule has 3 aliphatic carbocycles. The highest BCUT2D eigenvalue weighted by Gasteiger charge is 2.60. The Kier molecular flexibility index (Phi) is 7.65. The number of aliphatic hydroxyl groups excluding tert-OH is 2. The van der Waals surface area contributed by atoms with E-state index in [1.807, 2.05) is 19.0 Å². The lowest BCUT2D eigenvalue weighted by atomic mass is 9.59. The molecule has 0 spiro atoms. The van der Waals surface area contributed by atoms with Crippen LogP contribution < -0.4 is 10.6 Å². The fourth-order valence-corrected chi connectivity index (χ4v) is 7.30. The predicted octanol–water partition coefficient (Wildman–Crippen LogP) is 1.41. The van der Waals surface area contributed by atoms with Crippen LogP contribution in [-0.2, 0) is 27.3 Å². The molecule has 3 atom stereocenters. The van der Waals surface area contributed by atoms with Gasteiger partial charge in [-0.15, -0.1) is 0 Å². The summed E-state index contributed by atoms with van der Waals surface area (Å²) in [7, 11) is 3.79. The summed E-state index contributed by atoms with van der Waals surface area (Å²) in [6, 6.07) is 1.62. The van der Waals surface area contributed by atoms with Crippen molar-refractivity contribution >= 4 is 28.9 Å². The quantitative estimate of drug-likeness (QED) is 0.289. The second-order valence-corrected chi connectivity index (χ2v) is 12.0. The van der Waals surface area contributed by atoms with Gasteiger partial charge in [-0.05, 0) is 68.4 Å². The molecule has 222 valence electrons. The Morgan fingerprint density at radius 3 is 2.44 bits per heavy atom. The first-order valence-corrected chi connectivity index (χ1v) is 14.4. The largest absolute Gasteiger partial charge is 0.508 e. The third-order valence-electron chi connectivity index (χ3n) is 9.33. The molecule has 4 aliphatic rings. The van der Waals surface area contributed by atoms with Crippen molar-refractivity contribution in [3.8, 4) is 5.75 Å². The van der Waals surface area contributed by atoms with Gasteiger partial charge in [0.15, 0.2) is 11.4 Å². The Hall–Kier alpha value is -3.41. The zero-order chi connectivity index (χ0) is 29.8. The minimum absolute atomic E-state index is 0.109. The maximum atomic E-state index is 13.8. The van der Waals surface area contributed by atoms with Gasteiger partial charge in [0.25, 0.3) is 5.91 Å². The number of fused-ring (bicyclic) bond motifs is 3.